The van der Waals surface area contributed by atoms with Gasteiger partial charge in [-0.3, -0.25) is 9.59 Å². The smallest absolute Gasteiger partial charge is 0.237 e. The second-order valence-corrected chi connectivity index (χ2v) is 9.90. The van der Waals surface area contributed by atoms with Crippen molar-refractivity contribution >= 4 is 17.5 Å². The minimum Gasteiger partial charge on any atom is -0.508 e. The van der Waals surface area contributed by atoms with Crippen LogP contribution in [0.3, 0.4) is 0 Å². The van der Waals surface area contributed by atoms with E-state index < -0.39 is 6.04 Å². The molecule has 0 aromatic heterocycles. The highest BCUT2D eigenvalue weighted by Crippen LogP contribution is 2.38. The zero-order valence-electron chi connectivity index (χ0n) is 21.5. The molecule has 0 spiro atoms. The van der Waals surface area contributed by atoms with E-state index in [0.717, 1.165) is 45.5 Å². The summed E-state index contributed by atoms with van der Waals surface area (Å²) in [5.41, 5.74) is 14.4. The predicted octanol–water partition coefficient (Wildman–Crippen LogP) is 4.39. The Balaban J connectivity index is 1.60. The molecule has 0 saturated heterocycles. The number of phenols is 1. The molecule has 2 amide bonds. The van der Waals surface area contributed by atoms with Crippen molar-refractivity contribution < 1.29 is 14.7 Å². The molecular formula is C30H35N3O3. The third-order valence-electron chi connectivity index (χ3n) is 7.07. The van der Waals surface area contributed by atoms with Crippen LogP contribution < -0.4 is 16.0 Å². The first kappa shape index (κ1) is 25.5. The summed E-state index contributed by atoms with van der Waals surface area (Å²) in [7, 11) is 0. The molecule has 0 radical (unpaired) electrons. The molecule has 3 aromatic carbocycles. The largest absolute Gasteiger partial charge is 0.508 e. The molecular weight excluding hydrogens is 450 g/mol. The lowest BCUT2D eigenvalue weighted by Crippen LogP contribution is -2.46. The highest BCUT2D eigenvalue weighted by molar-refractivity contribution is 5.94. The first-order valence-corrected chi connectivity index (χ1v) is 12.4. The molecule has 0 bridgehead atoms. The predicted molar refractivity (Wildman–Crippen MR) is 143 cm³/mol. The molecule has 4 rings (SSSR count). The number of amides is 2. The first-order chi connectivity index (χ1) is 17.1. The van der Waals surface area contributed by atoms with E-state index in [1.165, 1.54) is 5.56 Å². The topological polar surface area (TPSA) is 95.7 Å². The van der Waals surface area contributed by atoms with E-state index in [4.69, 9.17) is 5.73 Å². The molecule has 1 aliphatic rings. The van der Waals surface area contributed by atoms with Gasteiger partial charge in [-0.05, 0) is 91.1 Å². The summed E-state index contributed by atoms with van der Waals surface area (Å²) in [5.74, 6) is -0.0163. The Morgan fingerprint density at radius 1 is 1.03 bits per heavy atom. The van der Waals surface area contributed by atoms with Gasteiger partial charge in [0.25, 0.3) is 0 Å². The van der Waals surface area contributed by atoms with E-state index in [9.17, 15) is 14.7 Å². The van der Waals surface area contributed by atoms with Crippen molar-refractivity contribution in [3.8, 4) is 5.75 Å². The second kappa shape index (κ2) is 10.5. The first-order valence-electron chi connectivity index (χ1n) is 12.4. The van der Waals surface area contributed by atoms with Crippen LogP contribution in [0.25, 0.3) is 0 Å². The molecule has 4 N–H and O–H groups in total. The van der Waals surface area contributed by atoms with E-state index in [0.29, 0.717) is 19.4 Å². The number of fused-ring (bicyclic) bond motifs is 1. The van der Waals surface area contributed by atoms with Crippen LogP contribution in [0.2, 0.25) is 0 Å². The van der Waals surface area contributed by atoms with Gasteiger partial charge in [0.15, 0.2) is 0 Å². The maximum absolute atomic E-state index is 13.2. The highest BCUT2D eigenvalue weighted by atomic mass is 16.3. The van der Waals surface area contributed by atoms with Crippen LogP contribution >= 0.6 is 0 Å². The van der Waals surface area contributed by atoms with Crippen molar-refractivity contribution in [3.63, 3.8) is 0 Å². The summed E-state index contributed by atoms with van der Waals surface area (Å²) in [6.45, 7) is 7.97. The molecule has 0 saturated carbocycles. The molecule has 6 nitrogen and oxygen atoms in total. The summed E-state index contributed by atoms with van der Waals surface area (Å²) in [6.07, 6.45) is 1.78. The summed E-state index contributed by atoms with van der Waals surface area (Å²) >= 11 is 0. The number of nitrogens with zero attached hydrogens (tertiary/aromatic N) is 1. The van der Waals surface area contributed by atoms with Gasteiger partial charge in [0.2, 0.25) is 11.8 Å². The minimum absolute atomic E-state index is 0.00471. The Morgan fingerprint density at radius 3 is 2.33 bits per heavy atom. The number of rotatable bonds is 6. The molecule has 36 heavy (non-hydrogen) atoms. The van der Waals surface area contributed by atoms with Crippen molar-refractivity contribution in [2.75, 3.05) is 11.4 Å². The SMILES string of the molecule is CC(=O)N1CC[C@@H](NC(=O)[C@@H](N)Cc2c(C)cc(O)cc2C)c2cc(Cc3ccccc3)cc(C)c21. The molecule has 1 aliphatic heterocycles. The lowest BCUT2D eigenvalue weighted by atomic mass is 9.89. The van der Waals surface area contributed by atoms with Gasteiger partial charge < -0.3 is 21.1 Å². The number of nitrogens with two attached hydrogens (primary N) is 1. The van der Waals surface area contributed by atoms with Crippen LogP contribution in [0.4, 0.5) is 5.69 Å². The summed E-state index contributed by atoms with van der Waals surface area (Å²) in [4.78, 5) is 27.5. The van der Waals surface area contributed by atoms with Gasteiger partial charge in [0.05, 0.1) is 17.8 Å². The van der Waals surface area contributed by atoms with Crippen molar-refractivity contribution in [3.05, 3.63) is 93.5 Å². The number of aromatic hydroxyl groups is 1. The molecule has 0 aliphatic carbocycles. The third kappa shape index (κ3) is 5.44. The molecule has 6 heteroatoms. The zero-order valence-corrected chi connectivity index (χ0v) is 21.5. The fourth-order valence-corrected chi connectivity index (χ4v) is 5.33. The van der Waals surface area contributed by atoms with Crippen molar-refractivity contribution in [2.24, 2.45) is 5.73 Å². The monoisotopic (exact) mass is 485 g/mol. The Hall–Kier alpha value is -3.64. The fraction of sp³-hybridized carbons (Fsp3) is 0.333. The minimum atomic E-state index is -0.727. The number of carbonyl (C=O) groups is 2. The van der Waals surface area contributed by atoms with Gasteiger partial charge in [-0.2, -0.15) is 0 Å². The number of nitrogens with one attached hydrogen (secondary N) is 1. The Labute approximate surface area is 213 Å². The number of benzene rings is 3. The van der Waals surface area contributed by atoms with Crippen LogP contribution in [-0.2, 0) is 22.4 Å². The molecule has 0 fully saturated rings. The average Bonchev–Trinajstić information content (AvgIpc) is 2.82. The molecule has 2 atom stereocenters. The standard InChI is InChI=1S/C30H35N3O3/c1-18-13-24(35)14-19(2)25(18)17-27(31)30(36)32-28-10-11-33(21(4)34)29-20(3)12-23(16-26(28)29)15-22-8-6-5-7-9-22/h5-9,12-14,16,27-28,35H,10-11,15,17,31H2,1-4H3,(H,32,36)/t27-,28+/m0/s1. The van der Waals surface area contributed by atoms with Gasteiger partial charge in [0, 0.05) is 13.5 Å². The van der Waals surface area contributed by atoms with E-state index in [2.05, 4.69) is 29.6 Å². The lowest BCUT2D eigenvalue weighted by molar-refractivity contribution is -0.123. The number of aryl methyl sites for hydroxylation is 3. The van der Waals surface area contributed by atoms with E-state index in [-0.39, 0.29) is 23.6 Å². The van der Waals surface area contributed by atoms with Crippen LogP contribution in [-0.4, -0.2) is 29.5 Å². The number of carbonyl (C=O) groups excluding carboxylic acids is 2. The fourth-order valence-electron chi connectivity index (χ4n) is 5.33. The number of hydrogen-bond donors (Lipinski definition) is 3. The molecule has 1 heterocycles. The zero-order chi connectivity index (χ0) is 26.0. The molecule has 188 valence electrons. The van der Waals surface area contributed by atoms with Gasteiger partial charge in [-0.25, -0.2) is 0 Å². The van der Waals surface area contributed by atoms with E-state index >= 15 is 0 Å². The Morgan fingerprint density at radius 2 is 1.69 bits per heavy atom. The van der Waals surface area contributed by atoms with Gasteiger partial charge in [-0.1, -0.05) is 42.5 Å². The van der Waals surface area contributed by atoms with Crippen LogP contribution in [0.5, 0.6) is 5.75 Å². The van der Waals surface area contributed by atoms with E-state index in [1.807, 2.05) is 43.9 Å². The van der Waals surface area contributed by atoms with Crippen molar-refractivity contribution in [1.29, 1.82) is 0 Å². The Bertz CT molecular complexity index is 1260. The summed E-state index contributed by atoms with van der Waals surface area (Å²) < 4.78 is 0. The van der Waals surface area contributed by atoms with Crippen molar-refractivity contribution in [1.82, 2.24) is 5.32 Å². The van der Waals surface area contributed by atoms with Crippen molar-refractivity contribution in [2.45, 2.75) is 59.0 Å². The summed E-state index contributed by atoms with van der Waals surface area (Å²) in [5, 5.41) is 13.0. The molecule has 3 aromatic rings. The van der Waals surface area contributed by atoms with Gasteiger partial charge in [0.1, 0.15) is 5.75 Å². The number of phenolic OH excluding ortho intramolecular Hbond substituents is 1. The molecule has 0 unspecified atom stereocenters. The summed E-state index contributed by atoms with van der Waals surface area (Å²) in [6, 6.07) is 16.9. The maximum Gasteiger partial charge on any atom is 0.237 e. The van der Waals surface area contributed by atoms with E-state index in [1.54, 1.807) is 19.1 Å². The highest BCUT2D eigenvalue weighted by Gasteiger charge is 2.31. The Kier molecular flexibility index (Phi) is 7.45. The number of anilines is 1. The normalized spacial score (nSPS) is 15.8. The van der Waals surface area contributed by atoms with Crippen LogP contribution in [0.15, 0.2) is 54.6 Å². The van der Waals surface area contributed by atoms with Gasteiger partial charge >= 0.3 is 0 Å². The third-order valence-corrected chi connectivity index (χ3v) is 7.07. The van der Waals surface area contributed by atoms with Gasteiger partial charge in [-0.15, -0.1) is 0 Å². The second-order valence-electron chi connectivity index (χ2n) is 9.90. The number of hydrogen-bond acceptors (Lipinski definition) is 4. The quantitative estimate of drug-likeness (QED) is 0.482. The maximum atomic E-state index is 13.2. The van der Waals surface area contributed by atoms with Crippen LogP contribution in [0.1, 0.15) is 58.3 Å². The lowest BCUT2D eigenvalue weighted by Gasteiger charge is -2.36. The average molecular weight is 486 g/mol. The van der Waals surface area contributed by atoms with Crippen LogP contribution in [0, 0.1) is 20.8 Å².